The average Bonchev–Trinajstić information content (AvgIpc) is 3.26. The van der Waals surface area contributed by atoms with Gasteiger partial charge in [-0.1, -0.05) is 0 Å². The van der Waals surface area contributed by atoms with Crippen molar-refractivity contribution in [2.24, 2.45) is 0 Å². The van der Waals surface area contributed by atoms with Crippen LogP contribution in [0.2, 0.25) is 0 Å². The molecule has 0 spiro atoms. The van der Waals surface area contributed by atoms with Gasteiger partial charge in [-0.25, -0.2) is 14.4 Å². The highest BCUT2D eigenvalue weighted by Gasteiger charge is 2.31. The zero-order chi connectivity index (χ0) is 24.5. The van der Waals surface area contributed by atoms with E-state index >= 15 is 0 Å². The lowest BCUT2D eigenvalue weighted by molar-refractivity contribution is 0.0613. The second-order valence-electron chi connectivity index (χ2n) is 9.52. The van der Waals surface area contributed by atoms with E-state index in [9.17, 15) is 9.18 Å². The van der Waals surface area contributed by atoms with Gasteiger partial charge in [0.2, 0.25) is 5.95 Å². The van der Waals surface area contributed by atoms with Crippen LogP contribution < -0.4 is 10.6 Å². The summed E-state index contributed by atoms with van der Waals surface area (Å²) in [5.74, 6) is 0.304. The molecule has 1 saturated heterocycles. The van der Waals surface area contributed by atoms with Gasteiger partial charge in [-0.2, -0.15) is 0 Å². The fraction of sp³-hybridized carbons (Fsp3) is 0.370. The number of amides is 1. The first kappa shape index (κ1) is 23.2. The van der Waals surface area contributed by atoms with E-state index in [0.29, 0.717) is 17.7 Å². The van der Waals surface area contributed by atoms with Crippen molar-refractivity contribution < 1.29 is 9.18 Å². The van der Waals surface area contributed by atoms with Crippen molar-refractivity contribution >= 4 is 23.2 Å². The maximum Gasteiger partial charge on any atom is 0.253 e. The summed E-state index contributed by atoms with van der Waals surface area (Å²) >= 11 is 0. The Morgan fingerprint density at radius 2 is 1.89 bits per heavy atom. The van der Waals surface area contributed by atoms with Crippen LogP contribution in [-0.2, 0) is 13.1 Å². The number of carbonyl (C=O) groups excluding carboxylic acids is 1. The molecule has 1 aromatic heterocycles. The van der Waals surface area contributed by atoms with Crippen LogP contribution >= 0.6 is 0 Å². The number of aryl methyl sites for hydroxylation is 2. The molecule has 0 bridgehead atoms. The van der Waals surface area contributed by atoms with Crippen molar-refractivity contribution in [1.82, 2.24) is 19.8 Å². The topological polar surface area (TPSA) is 73.4 Å². The molecular formula is C27H31FN6O. The van der Waals surface area contributed by atoms with Crippen LogP contribution in [0.5, 0.6) is 0 Å². The molecule has 8 heteroatoms. The molecule has 5 rings (SSSR count). The van der Waals surface area contributed by atoms with Gasteiger partial charge in [0, 0.05) is 68.0 Å². The van der Waals surface area contributed by atoms with Gasteiger partial charge in [0.05, 0.1) is 5.69 Å². The van der Waals surface area contributed by atoms with Crippen molar-refractivity contribution in [3.63, 3.8) is 0 Å². The highest BCUT2D eigenvalue weighted by molar-refractivity contribution is 5.95. The SMILES string of the molecule is CNc1ccc(C(=O)N2CCC(N3Cc4cnc(Nc5cc(C)cc(F)c5)nc4C3)CC2)cc1C. The molecule has 182 valence electrons. The van der Waals surface area contributed by atoms with Crippen LogP contribution in [0, 0.1) is 19.7 Å². The quantitative estimate of drug-likeness (QED) is 0.561. The van der Waals surface area contributed by atoms with Crippen molar-refractivity contribution in [1.29, 1.82) is 0 Å². The summed E-state index contributed by atoms with van der Waals surface area (Å²) < 4.78 is 13.7. The minimum atomic E-state index is -0.283. The number of carbonyl (C=O) groups is 1. The summed E-state index contributed by atoms with van der Waals surface area (Å²) in [5, 5.41) is 6.27. The second kappa shape index (κ2) is 9.62. The third kappa shape index (κ3) is 4.98. The zero-order valence-electron chi connectivity index (χ0n) is 20.4. The first-order valence-corrected chi connectivity index (χ1v) is 12.1. The van der Waals surface area contributed by atoms with Crippen molar-refractivity contribution in [3.8, 4) is 0 Å². The number of hydrogen-bond acceptors (Lipinski definition) is 6. The van der Waals surface area contributed by atoms with Gasteiger partial charge < -0.3 is 15.5 Å². The second-order valence-corrected chi connectivity index (χ2v) is 9.52. The van der Waals surface area contributed by atoms with Crippen LogP contribution in [0.15, 0.2) is 42.6 Å². The average molecular weight is 475 g/mol. The Labute approximate surface area is 205 Å². The Hall–Kier alpha value is -3.52. The molecule has 35 heavy (non-hydrogen) atoms. The fourth-order valence-corrected chi connectivity index (χ4v) is 5.13. The van der Waals surface area contributed by atoms with E-state index in [4.69, 9.17) is 4.98 Å². The molecule has 0 aliphatic carbocycles. The number of benzene rings is 2. The van der Waals surface area contributed by atoms with Gasteiger partial charge in [-0.3, -0.25) is 9.69 Å². The maximum atomic E-state index is 13.7. The van der Waals surface area contributed by atoms with E-state index in [1.165, 1.54) is 12.1 Å². The number of halogens is 1. The summed E-state index contributed by atoms with van der Waals surface area (Å²) in [6.45, 7) is 6.95. The standard InChI is InChI=1S/C27H31FN6O/c1-17-10-21(28)13-22(11-17)31-27-30-14-20-15-34(16-25(20)32-27)23-6-8-33(9-7-23)26(35)19-4-5-24(29-3)18(2)12-19/h4-5,10-14,23,29H,6-9,15-16H2,1-3H3,(H,30,31,32). The number of nitrogens with zero attached hydrogens (tertiary/aromatic N) is 4. The lowest BCUT2D eigenvalue weighted by Crippen LogP contribution is -2.45. The normalized spacial score (nSPS) is 16.3. The van der Waals surface area contributed by atoms with E-state index in [2.05, 4.69) is 20.5 Å². The van der Waals surface area contributed by atoms with E-state index in [1.807, 2.05) is 56.3 Å². The number of anilines is 3. The van der Waals surface area contributed by atoms with Gasteiger partial charge in [-0.15, -0.1) is 0 Å². The van der Waals surface area contributed by atoms with Crippen molar-refractivity contribution in [3.05, 3.63) is 76.4 Å². The van der Waals surface area contributed by atoms with Gasteiger partial charge in [0.15, 0.2) is 0 Å². The van der Waals surface area contributed by atoms with Gasteiger partial charge >= 0.3 is 0 Å². The predicted octanol–water partition coefficient (Wildman–Crippen LogP) is 4.64. The molecule has 0 radical (unpaired) electrons. The molecular weight excluding hydrogens is 443 g/mol. The molecule has 3 aromatic rings. The minimum Gasteiger partial charge on any atom is -0.388 e. The lowest BCUT2D eigenvalue weighted by Gasteiger charge is -2.36. The van der Waals surface area contributed by atoms with Crippen molar-refractivity contribution in [2.45, 2.75) is 45.8 Å². The van der Waals surface area contributed by atoms with Crippen LogP contribution in [0.4, 0.5) is 21.7 Å². The Balaban J connectivity index is 1.19. The summed E-state index contributed by atoms with van der Waals surface area (Å²) in [4.78, 5) is 26.6. The molecule has 2 aliphatic rings. The Kier molecular flexibility index (Phi) is 6.38. The number of aromatic nitrogens is 2. The Bertz CT molecular complexity index is 1230. The highest BCUT2D eigenvalue weighted by Crippen LogP contribution is 2.29. The predicted molar refractivity (Wildman–Crippen MR) is 135 cm³/mol. The van der Waals surface area contributed by atoms with Crippen LogP contribution in [0.25, 0.3) is 0 Å². The first-order valence-electron chi connectivity index (χ1n) is 12.1. The van der Waals surface area contributed by atoms with Crippen LogP contribution in [-0.4, -0.2) is 51.9 Å². The third-order valence-corrected chi connectivity index (χ3v) is 6.99. The summed E-state index contributed by atoms with van der Waals surface area (Å²) in [6, 6.07) is 11.1. The van der Waals surface area contributed by atoms with Crippen molar-refractivity contribution in [2.75, 3.05) is 30.8 Å². The molecule has 2 aliphatic heterocycles. The Morgan fingerprint density at radius 3 is 2.60 bits per heavy atom. The fourth-order valence-electron chi connectivity index (χ4n) is 5.13. The Morgan fingerprint density at radius 1 is 1.09 bits per heavy atom. The zero-order valence-corrected chi connectivity index (χ0v) is 20.4. The minimum absolute atomic E-state index is 0.105. The number of nitrogens with one attached hydrogen (secondary N) is 2. The summed E-state index contributed by atoms with van der Waals surface area (Å²) in [5.41, 5.74) is 6.49. The smallest absolute Gasteiger partial charge is 0.253 e. The molecule has 2 aromatic carbocycles. The molecule has 7 nitrogen and oxygen atoms in total. The van der Waals surface area contributed by atoms with E-state index < -0.39 is 0 Å². The first-order chi connectivity index (χ1) is 16.9. The number of piperidine rings is 1. The summed E-state index contributed by atoms with van der Waals surface area (Å²) in [7, 11) is 1.89. The maximum absolute atomic E-state index is 13.7. The number of hydrogen-bond donors (Lipinski definition) is 2. The number of likely N-dealkylation sites (tertiary alicyclic amines) is 1. The van der Waals surface area contributed by atoms with Crippen LogP contribution in [0.3, 0.4) is 0 Å². The molecule has 1 fully saturated rings. The van der Waals surface area contributed by atoms with Gasteiger partial charge in [-0.05, 0) is 74.2 Å². The van der Waals surface area contributed by atoms with Gasteiger partial charge in [0.25, 0.3) is 5.91 Å². The highest BCUT2D eigenvalue weighted by atomic mass is 19.1. The van der Waals surface area contributed by atoms with Gasteiger partial charge in [0.1, 0.15) is 5.82 Å². The summed E-state index contributed by atoms with van der Waals surface area (Å²) in [6.07, 6.45) is 3.75. The largest absolute Gasteiger partial charge is 0.388 e. The molecule has 1 amide bonds. The molecule has 0 unspecified atom stereocenters. The molecule has 0 saturated carbocycles. The molecule has 3 heterocycles. The van der Waals surface area contributed by atoms with Crippen LogP contribution in [0.1, 0.15) is 45.6 Å². The monoisotopic (exact) mass is 474 g/mol. The molecule has 2 N–H and O–H groups in total. The van der Waals surface area contributed by atoms with E-state index in [-0.39, 0.29) is 11.7 Å². The number of fused-ring (bicyclic) bond motifs is 1. The van der Waals surface area contributed by atoms with E-state index in [0.717, 1.165) is 72.7 Å². The molecule has 0 atom stereocenters. The number of rotatable bonds is 5. The third-order valence-electron chi connectivity index (χ3n) is 6.99. The lowest BCUT2D eigenvalue weighted by atomic mass is 10.0. The van der Waals surface area contributed by atoms with E-state index in [1.54, 1.807) is 0 Å².